The molecule has 8 heteroatoms. The minimum absolute atomic E-state index is 0.0404. The fourth-order valence-electron chi connectivity index (χ4n) is 3.02. The first-order valence-corrected chi connectivity index (χ1v) is 8.66. The number of hydrogen-bond donors (Lipinski definition) is 1. The molecular weight excluding hydrogens is 368 g/mol. The summed E-state index contributed by atoms with van der Waals surface area (Å²) < 4.78 is 26.8. The van der Waals surface area contributed by atoms with Crippen molar-refractivity contribution in [1.82, 2.24) is 0 Å². The van der Waals surface area contributed by atoms with E-state index in [0.29, 0.717) is 11.4 Å². The van der Waals surface area contributed by atoms with Gasteiger partial charge in [-0.2, -0.15) is 0 Å². The summed E-state index contributed by atoms with van der Waals surface area (Å²) in [5.41, 5.74) is 1.30. The van der Waals surface area contributed by atoms with Gasteiger partial charge in [-0.25, -0.2) is 8.78 Å². The summed E-state index contributed by atoms with van der Waals surface area (Å²) in [7, 11) is 1.64. The Hall–Kier alpha value is -3.29. The number of rotatable bonds is 4. The zero-order valence-electron chi connectivity index (χ0n) is 15.4. The van der Waals surface area contributed by atoms with Gasteiger partial charge in [0.2, 0.25) is 17.7 Å². The molecule has 1 N–H and O–H groups in total. The summed E-state index contributed by atoms with van der Waals surface area (Å²) >= 11 is 0. The molecule has 3 rings (SSSR count). The largest absolute Gasteiger partial charge is 0.326 e. The molecule has 1 atom stereocenters. The fourth-order valence-corrected chi connectivity index (χ4v) is 3.02. The maximum absolute atomic E-state index is 13.4. The topological polar surface area (TPSA) is 69.7 Å². The third kappa shape index (κ3) is 4.16. The Morgan fingerprint density at radius 2 is 1.71 bits per heavy atom. The lowest BCUT2D eigenvalue weighted by molar-refractivity contribution is -0.122. The van der Waals surface area contributed by atoms with Crippen LogP contribution in [0.4, 0.5) is 25.8 Å². The minimum atomic E-state index is -0.786. The Kier molecular flexibility index (Phi) is 5.39. The third-order valence-corrected chi connectivity index (χ3v) is 4.65. The van der Waals surface area contributed by atoms with Crippen molar-refractivity contribution in [1.29, 1.82) is 0 Å². The molecule has 1 heterocycles. The van der Waals surface area contributed by atoms with Crippen molar-refractivity contribution in [2.45, 2.75) is 13.3 Å². The molecule has 0 aliphatic carbocycles. The van der Waals surface area contributed by atoms with Crippen LogP contribution < -0.4 is 15.1 Å². The van der Waals surface area contributed by atoms with Crippen LogP contribution in [0.1, 0.15) is 13.3 Å². The molecule has 146 valence electrons. The molecule has 1 unspecified atom stereocenters. The lowest BCUT2D eigenvalue weighted by Gasteiger charge is -2.17. The predicted molar refractivity (Wildman–Crippen MR) is 101 cm³/mol. The highest BCUT2D eigenvalue weighted by atomic mass is 19.1. The second-order valence-corrected chi connectivity index (χ2v) is 6.65. The summed E-state index contributed by atoms with van der Waals surface area (Å²) in [6.45, 7) is 1.49. The summed E-state index contributed by atoms with van der Waals surface area (Å²) in [6, 6.07) is 9.54. The molecule has 1 aliphatic rings. The number of anilines is 3. The molecular formula is C20H19F2N3O3. The van der Waals surface area contributed by atoms with Gasteiger partial charge < -0.3 is 15.1 Å². The normalized spacial score (nSPS) is 16.2. The first-order valence-electron chi connectivity index (χ1n) is 8.66. The molecule has 1 fully saturated rings. The zero-order chi connectivity index (χ0) is 20.4. The van der Waals surface area contributed by atoms with Crippen molar-refractivity contribution >= 4 is 34.8 Å². The van der Waals surface area contributed by atoms with E-state index in [-0.39, 0.29) is 36.4 Å². The molecule has 2 aromatic carbocycles. The lowest BCUT2D eigenvalue weighted by atomic mass is 10.1. The second-order valence-electron chi connectivity index (χ2n) is 6.65. The number of halogens is 2. The van der Waals surface area contributed by atoms with E-state index in [4.69, 9.17) is 0 Å². The van der Waals surface area contributed by atoms with Gasteiger partial charge in [0.25, 0.3) is 0 Å². The second kappa shape index (κ2) is 7.75. The van der Waals surface area contributed by atoms with E-state index in [1.54, 1.807) is 31.3 Å². The number of nitrogens with zero attached hydrogens (tertiary/aromatic N) is 2. The smallest absolute Gasteiger partial charge is 0.229 e. The SMILES string of the molecule is CC(=O)N(C)c1ccc(NC(=O)C2CC(=O)N(c3cc(F)cc(F)c3)C2)cc1. The predicted octanol–water partition coefficient (Wildman–Crippen LogP) is 2.94. The van der Waals surface area contributed by atoms with Crippen molar-refractivity contribution in [2.75, 3.05) is 28.7 Å². The molecule has 3 amide bonds. The van der Waals surface area contributed by atoms with Gasteiger partial charge in [0.05, 0.1) is 5.92 Å². The molecule has 6 nitrogen and oxygen atoms in total. The van der Waals surface area contributed by atoms with Gasteiger partial charge in [0, 0.05) is 50.1 Å². The van der Waals surface area contributed by atoms with Crippen molar-refractivity contribution in [3.63, 3.8) is 0 Å². The van der Waals surface area contributed by atoms with Crippen molar-refractivity contribution in [3.8, 4) is 0 Å². The van der Waals surface area contributed by atoms with Crippen LogP contribution in [-0.4, -0.2) is 31.3 Å². The number of carbonyl (C=O) groups is 3. The quantitative estimate of drug-likeness (QED) is 0.877. The third-order valence-electron chi connectivity index (χ3n) is 4.65. The molecule has 28 heavy (non-hydrogen) atoms. The van der Waals surface area contributed by atoms with E-state index in [9.17, 15) is 23.2 Å². The van der Waals surface area contributed by atoms with Gasteiger partial charge in [-0.3, -0.25) is 14.4 Å². The molecule has 0 aromatic heterocycles. The number of nitrogens with one attached hydrogen (secondary N) is 1. The molecule has 1 saturated heterocycles. The Morgan fingerprint density at radius 3 is 2.29 bits per heavy atom. The monoisotopic (exact) mass is 387 g/mol. The highest BCUT2D eigenvalue weighted by molar-refractivity contribution is 6.03. The van der Waals surface area contributed by atoms with E-state index >= 15 is 0 Å². The standard InChI is InChI=1S/C20H19F2N3O3/c1-12(26)24(2)17-5-3-16(4-6-17)23-20(28)13-7-19(27)25(11-13)18-9-14(21)8-15(22)10-18/h3-6,8-10,13H,7,11H2,1-2H3,(H,23,28). The Balaban J connectivity index is 1.67. The summed E-state index contributed by atoms with van der Waals surface area (Å²) in [4.78, 5) is 38.8. The molecule has 0 bridgehead atoms. The number of amides is 3. The van der Waals surface area contributed by atoms with Gasteiger partial charge in [-0.1, -0.05) is 0 Å². The van der Waals surface area contributed by atoms with Crippen LogP contribution in [0.5, 0.6) is 0 Å². The van der Waals surface area contributed by atoms with Crippen molar-refractivity contribution in [2.24, 2.45) is 5.92 Å². The molecule has 1 aliphatic heterocycles. The van der Waals surface area contributed by atoms with Gasteiger partial charge in [0.1, 0.15) is 11.6 Å². The van der Waals surface area contributed by atoms with Crippen LogP contribution in [0, 0.1) is 17.6 Å². The van der Waals surface area contributed by atoms with Crippen LogP contribution in [-0.2, 0) is 14.4 Å². The van der Waals surface area contributed by atoms with Crippen LogP contribution in [0.3, 0.4) is 0 Å². The van der Waals surface area contributed by atoms with E-state index in [1.165, 1.54) is 16.7 Å². The first-order chi connectivity index (χ1) is 13.2. The highest BCUT2D eigenvalue weighted by Crippen LogP contribution is 2.27. The van der Waals surface area contributed by atoms with Gasteiger partial charge in [-0.05, 0) is 36.4 Å². The van der Waals surface area contributed by atoms with Gasteiger partial charge in [0.15, 0.2) is 0 Å². The van der Waals surface area contributed by atoms with E-state index in [1.807, 2.05) is 0 Å². The molecule has 0 radical (unpaired) electrons. The molecule has 2 aromatic rings. The first kappa shape index (κ1) is 19.5. The average Bonchev–Trinajstić information content (AvgIpc) is 3.03. The summed E-state index contributed by atoms with van der Waals surface area (Å²) in [5.74, 6) is -3.06. The van der Waals surface area contributed by atoms with Crippen molar-refractivity contribution in [3.05, 3.63) is 54.1 Å². The van der Waals surface area contributed by atoms with Crippen LogP contribution >= 0.6 is 0 Å². The molecule has 0 saturated carbocycles. The summed E-state index contributed by atoms with van der Waals surface area (Å²) in [6.07, 6.45) is -0.0465. The number of benzene rings is 2. The number of hydrogen-bond acceptors (Lipinski definition) is 3. The van der Waals surface area contributed by atoms with Crippen LogP contribution in [0.2, 0.25) is 0 Å². The lowest BCUT2D eigenvalue weighted by Crippen LogP contribution is -2.28. The number of carbonyl (C=O) groups excluding carboxylic acids is 3. The van der Waals surface area contributed by atoms with Gasteiger partial charge in [-0.15, -0.1) is 0 Å². The van der Waals surface area contributed by atoms with Crippen LogP contribution in [0.15, 0.2) is 42.5 Å². The van der Waals surface area contributed by atoms with Crippen LogP contribution in [0.25, 0.3) is 0 Å². The maximum atomic E-state index is 13.4. The molecule has 0 spiro atoms. The Morgan fingerprint density at radius 1 is 1.11 bits per heavy atom. The van der Waals surface area contributed by atoms with Crippen molar-refractivity contribution < 1.29 is 23.2 Å². The fraction of sp³-hybridized carbons (Fsp3) is 0.250. The van der Waals surface area contributed by atoms with E-state index in [2.05, 4.69) is 5.32 Å². The average molecular weight is 387 g/mol. The maximum Gasteiger partial charge on any atom is 0.229 e. The minimum Gasteiger partial charge on any atom is -0.326 e. The van der Waals surface area contributed by atoms with E-state index < -0.39 is 17.6 Å². The summed E-state index contributed by atoms with van der Waals surface area (Å²) in [5, 5.41) is 2.73. The Labute approximate surface area is 160 Å². The van der Waals surface area contributed by atoms with Gasteiger partial charge >= 0.3 is 0 Å². The van der Waals surface area contributed by atoms with E-state index in [0.717, 1.165) is 18.2 Å². The highest BCUT2D eigenvalue weighted by Gasteiger charge is 2.35. The Bertz CT molecular complexity index is 911. The zero-order valence-corrected chi connectivity index (χ0v) is 15.4.